The van der Waals surface area contributed by atoms with E-state index >= 15 is 0 Å². The Bertz CT molecular complexity index is 168. The molecule has 0 saturated carbocycles. The standard InChI is InChI=1S/C4H8O.C3H9BO3.3CH3O.2Al.B.2ClH.2Li.2H3N.4H/c1-2-4-5-3-1;1-5-4(6-2)7-3;3*1-2;;;;;;;;;;;;;/h1-4H2;1-3H3;3*1H3;;;;2*1H;;;2*1H3;;;;/q;;3*-1;;+3;;;;2*+1;;;;;;-1/p-1. The minimum Gasteiger partial charge on any atom is -1.00 e. The van der Waals surface area contributed by atoms with Gasteiger partial charge in [-0.1, -0.05) is 0 Å². The molecule has 1 heterocycles. The van der Waals surface area contributed by atoms with Gasteiger partial charge in [-0.05, 0) is 12.8 Å². The first-order valence-electron chi connectivity index (χ1n) is 5.94. The minimum atomic E-state index is -1.67. The maximum atomic E-state index is 4.94. The van der Waals surface area contributed by atoms with E-state index in [0.29, 0.717) is 0 Å². The molecule has 1 aliphatic rings. The third kappa shape index (κ3) is 52.7. The quantitative estimate of drug-likeness (QED) is 0.373. The van der Waals surface area contributed by atoms with Crippen molar-refractivity contribution in [3.05, 3.63) is 0 Å². The summed E-state index contributed by atoms with van der Waals surface area (Å²) in [5.74, 6) is 0. The molecule has 1 saturated heterocycles. The number of ether oxygens (including phenoxy) is 1. The first kappa shape index (κ1) is 63.0. The zero-order chi connectivity index (χ0) is 14.9. The van der Waals surface area contributed by atoms with E-state index in [1.54, 1.807) is 21.3 Å². The smallest absolute Gasteiger partial charge is 1.00 e. The molecule has 6 N–H and O–H groups in total. The fourth-order valence-electron chi connectivity index (χ4n) is 1.09. The van der Waals surface area contributed by atoms with Crippen LogP contribution in [0.4, 0.5) is 0 Å². The maximum Gasteiger partial charge on any atom is 1.00 e. The Morgan fingerprint density at radius 1 is 0.778 bits per heavy atom. The van der Waals surface area contributed by atoms with E-state index in [2.05, 4.69) is 14.0 Å². The summed E-state index contributed by atoms with van der Waals surface area (Å²) < 4.78 is 33.0. The van der Waals surface area contributed by atoms with Gasteiger partial charge in [-0.15, -0.1) is 12.4 Å². The summed E-state index contributed by atoms with van der Waals surface area (Å²) in [5, 5.41) is 0. The van der Waals surface area contributed by atoms with Crippen LogP contribution in [0.5, 0.6) is 0 Å². The van der Waals surface area contributed by atoms with Crippen LogP contribution in [-0.4, -0.2) is 104 Å². The van der Waals surface area contributed by atoms with Gasteiger partial charge in [0.25, 0.3) is 0 Å². The monoisotopic (exact) mass is 457 g/mol. The van der Waals surface area contributed by atoms with Gasteiger partial charge in [-0.2, -0.15) is 0 Å². The second-order valence-corrected chi connectivity index (χ2v) is 5.30. The first-order valence-corrected chi connectivity index (χ1v) is 7.36. The van der Waals surface area contributed by atoms with Crippen molar-refractivity contribution in [2.24, 2.45) is 0 Å². The van der Waals surface area contributed by atoms with Crippen molar-refractivity contribution in [2.75, 3.05) is 55.9 Å². The topological polar surface area (TPSA) is 135 Å². The minimum absolute atomic E-state index is 0. The average molecular weight is 458 g/mol. The Labute approximate surface area is 221 Å². The van der Waals surface area contributed by atoms with Crippen molar-refractivity contribution >= 4 is 60.7 Å². The van der Waals surface area contributed by atoms with Crippen LogP contribution >= 0.6 is 12.4 Å². The summed E-state index contributed by atoms with van der Waals surface area (Å²) in [6, 6.07) is 0. The fourth-order valence-corrected chi connectivity index (χ4v) is 1.67. The summed E-state index contributed by atoms with van der Waals surface area (Å²) in [4.78, 5) is 0. The van der Waals surface area contributed by atoms with Crippen LogP contribution in [0.15, 0.2) is 0 Å². The van der Waals surface area contributed by atoms with Gasteiger partial charge in [-0.25, -0.2) is 0 Å². The third-order valence-corrected chi connectivity index (χ3v) is 3.14. The van der Waals surface area contributed by atoms with E-state index in [0.717, 1.165) is 13.2 Å². The zero-order valence-corrected chi connectivity index (χ0v) is 20.3. The van der Waals surface area contributed by atoms with E-state index in [4.69, 9.17) is 16.1 Å². The molecule has 1 rings (SSSR count). The molecule has 0 aliphatic carbocycles. The number of hydrogen-bond donors (Lipinski definition) is 2. The van der Waals surface area contributed by atoms with Crippen molar-refractivity contribution in [3.8, 4) is 0 Å². The number of hydrogen-bond acceptors (Lipinski definition) is 9. The van der Waals surface area contributed by atoms with Crippen LogP contribution in [0.25, 0.3) is 0 Å². The molecule has 0 aromatic rings. The van der Waals surface area contributed by atoms with E-state index in [1.165, 1.54) is 34.2 Å². The average Bonchev–Trinajstić information content (AvgIpc) is 3.03. The summed E-state index contributed by atoms with van der Waals surface area (Å²) >= 11 is -1.67. The van der Waals surface area contributed by atoms with E-state index in [1.807, 2.05) is 0 Å². The van der Waals surface area contributed by atoms with E-state index in [-0.39, 0.29) is 102 Å². The summed E-state index contributed by atoms with van der Waals surface area (Å²) in [6.07, 6.45) is 2.56. The SMILES string of the molecule is C1CCOC1.COB(OC)OC.C[O][Al]([O]C)[O]C.Cl.N.N.[AlH3].[B].[Cl-].[H-].[Li+].[Li+]. The Hall–Kier alpha value is 2.61. The normalized spacial score (nSPS) is 9.11. The predicted molar refractivity (Wildman–Crippen MR) is 108 cm³/mol. The molecule has 0 unspecified atom stereocenters. The van der Waals surface area contributed by atoms with Gasteiger partial charge >= 0.3 is 60.2 Å². The van der Waals surface area contributed by atoms with Gasteiger partial charge < -0.3 is 56.2 Å². The molecule has 1 fully saturated rings. The molecule has 0 aromatic carbocycles. The van der Waals surface area contributed by atoms with Crippen LogP contribution in [-0.2, 0) is 30.1 Å². The Morgan fingerprint density at radius 2 is 1.04 bits per heavy atom. The van der Waals surface area contributed by atoms with Crippen LogP contribution in [0.2, 0.25) is 0 Å². The summed E-state index contributed by atoms with van der Waals surface area (Å²) in [5.41, 5.74) is 0. The molecule has 157 valence electrons. The Kier molecular flexibility index (Phi) is 132. The molecule has 0 atom stereocenters. The Balaban J connectivity index is -0.0000000149. The van der Waals surface area contributed by atoms with Gasteiger partial charge in [0.1, 0.15) is 0 Å². The van der Waals surface area contributed by atoms with Gasteiger partial charge in [0.15, 0.2) is 17.4 Å². The maximum absolute atomic E-state index is 4.94. The van der Waals surface area contributed by atoms with Crippen LogP contribution in [0, 0.1) is 0 Å². The molecule has 3 radical (unpaired) electrons. The molecular weight excluding hydrogens is 420 g/mol. The van der Waals surface area contributed by atoms with Gasteiger partial charge in [0.2, 0.25) is 0 Å². The van der Waals surface area contributed by atoms with Gasteiger partial charge in [0.05, 0.1) is 0 Å². The molecule has 9 nitrogen and oxygen atoms in total. The van der Waals surface area contributed by atoms with E-state index < -0.39 is 22.5 Å². The van der Waals surface area contributed by atoms with Crippen LogP contribution < -0.4 is 62.4 Å². The number of rotatable bonds is 6. The summed E-state index contributed by atoms with van der Waals surface area (Å²) in [6.45, 7) is 2.00. The van der Waals surface area contributed by atoms with Crippen molar-refractivity contribution in [1.29, 1.82) is 0 Å². The van der Waals surface area contributed by atoms with Gasteiger partial charge in [0, 0.05) is 64.3 Å². The predicted octanol–water partition coefficient (Wildman–Crippen LogP) is -9.08. The van der Waals surface area contributed by atoms with E-state index in [9.17, 15) is 0 Å². The third-order valence-electron chi connectivity index (χ3n) is 1.98. The molecule has 27 heavy (non-hydrogen) atoms. The second-order valence-electron chi connectivity index (χ2n) is 3.31. The van der Waals surface area contributed by atoms with Crippen LogP contribution in [0.3, 0.4) is 0 Å². The van der Waals surface area contributed by atoms with Crippen LogP contribution in [0.1, 0.15) is 14.3 Å². The Morgan fingerprint density at radius 3 is 1.07 bits per heavy atom. The largest absolute Gasteiger partial charge is 1.00 e. The molecule has 0 bridgehead atoms. The summed E-state index contributed by atoms with van der Waals surface area (Å²) in [7, 11) is 8.74. The molecule has 1 aliphatic heterocycles. The molecule has 0 spiro atoms. The zero-order valence-electron chi connectivity index (χ0n) is 18.6. The molecule has 0 aromatic heterocycles. The molecule has 17 heteroatoms. The second kappa shape index (κ2) is 56.7. The van der Waals surface area contributed by atoms with Crippen molar-refractivity contribution in [1.82, 2.24) is 12.3 Å². The molecule has 0 amide bonds. The first-order chi connectivity index (χ1) is 9.19. The van der Waals surface area contributed by atoms with Crippen molar-refractivity contribution in [2.45, 2.75) is 12.8 Å². The van der Waals surface area contributed by atoms with Gasteiger partial charge in [-0.3, -0.25) is 0 Å². The molecular formula is C10H37Al2B2Cl2Li2N2O7. The van der Waals surface area contributed by atoms with Crippen molar-refractivity contribution in [3.63, 3.8) is 0 Å². The van der Waals surface area contributed by atoms with Crippen molar-refractivity contribution < 1.29 is 81.6 Å². The fraction of sp³-hybridized carbons (Fsp3) is 1.00. The number of halogens is 2.